The van der Waals surface area contributed by atoms with E-state index < -0.39 is 0 Å². The molecule has 1 atom stereocenters. The van der Waals surface area contributed by atoms with Crippen molar-refractivity contribution in [2.75, 3.05) is 32.7 Å². The second kappa shape index (κ2) is 6.48. The largest absolute Gasteiger partial charge is 0.391 e. The molecule has 1 aromatic heterocycles. The van der Waals surface area contributed by atoms with Gasteiger partial charge in [0.05, 0.1) is 6.10 Å². The second-order valence-electron chi connectivity index (χ2n) is 6.57. The van der Waals surface area contributed by atoms with Gasteiger partial charge in [0.15, 0.2) is 0 Å². The van der Waals surface area contributed by atoms with Crippen molar-refractivity contribution in [3.05, 3.63) is 6.33 Å². The summed E-state index contributed by atoms with van der Waals surface area (Å²) in [6.45, 7) is 9.85. The smallest absolute Gasteiger partial charge is 0.244 e. The van der Waals surface area contributed by atoms with Crippen LogP contribution >= 0.6 is 0 Å². The van der Waals surface area contributed by atoms with Gasteiger partial charge in [-0.2, -0.15) is 0 Å². The molecule has 2 heterocycles. The summed E-state index contributed by atoms with van der Waals surface area (Å²) in [5, 5.41) is 20.9. The molecule has 0 spiro atoms. The summed E-state index contributed by atoms with van der Waals surface area (Å²) in [4.78, 5) is 16.1. The van der Waals surface area contributed by atoms with E-state index in [-0.39, 0.29) is 24.0 Å². The van der Waals surface area contributed by atoms with Gasteiger partial charge in [0.25, 0.3) is 0 Å². The fraction of sp³-hybridized carbons (Fsp3) is 0.846. The highest BCUT2D eigenvalue weighted by atomic mass is 16.3. The number of β-amino-alcohol motifs (C(OH)–C–C–N with tert-alkyl or cyclic N) is 1. The van der Waals surface area contributed by atoms with Crippen LogP contribution in [0.1, 0.15) is 20.8 Å². The maximum Gasteiger partial charge on any atom is 0.244 e. The Morgan fingerprint density at radius 2 is 1.95 bits per heavy atom. The van der Waals surface area contributed by atoms with Crippen molar-refractivity contribution in [1.82, 2.24) is 30.0 Å². The maximum atomic E-state index is 12.1. The Morgan fingerprint density at radius 1 is 1.29 bits per heavy atom. The molecule has 1 aromatic rings. The second-order valence-corrected chi connectivity index (χ2v) is 6.57. The number of amides is 1. The highest BCUT2D eigenvalue weighted by Crippen LogP contribution is 2.20. The molecule has 8 heteroatoms. The summed E-state index contributed by atoms with van der Waals surface area (Å²) < 4.78 is 1.43. The van der Waals surface area contributed by atoms with Gasteiger partial charge < -0.3 is 10.0 Å². The number of tetrazole rings is 1. The lowest BCUT2D eigenvalue weighted by Crippen LogP contribution is -2.52. The van der Waals surface area contributed by atoms with Crippen molar-refractivity contribution >= 4 is 5.91 Å². The topological polar surface area (TPSA) is 87.4 Å². The molecule has 1 fully saturated rings. The molecule has 0 radical (unpaired) electrons. The Bertz CT molecular complexity index is 448. The van der Waals surface area contributed by atoms with E-state index in [1.165, 1.54) is 11.0 Å². The number of carbonyl (C=O) groups is 1. The fourth-order valence-corrected chi connectivity index (χ4v) is 2.19. The molecule has 118 valence electrons. The molecule has 1 N–H and O–H groups in total. The van der Waals surface area contributed by atoms with Crippen LogP contribution in [-0.4, -0.2) is 79.8 Å². The van der Waals surface area contributed by atoms with E-state index in [2.05, 4.69) is 20.4 Å². The molecule has 0 aliphatic carbocycles. The molecule has 1 amide bonds. The first-order valence-electron chi connectivity index (χ1n) is 7.25. The van der Waals surface area contributed by atoms with Crippen molar-refractivity contribution in [3.8, 4) is 0 Å². The monoisotopic (exact) mass is 296 g/mol. The van der Waals surface area contributed by atoms with E-state index in [1.54, 1.807) is 0 Å². The van der Waals surface area contributed by atoms with Crippen LogP contribution in [-0.2, 0) is 11.3 Å². The number of rotatable bonds is 4. The van der Waals surface area contributed by atoms with Gasteiger partial charge >= 0.3 is 0 Å². The number of carbonyl (C=O) groups excluding carboxylic acids is 1. The van der Waals surface area contributed by atoms with Gasteiger partial charge in [-0.15, -0.1) is 5.10 Å². The minimum Gasteiger partial charge on any atom is -0.391 e. The minimum absolute atomic E-state index is 0.0262. The zero-order chi connectivity index (χ0) is 15.5. The van der Waals surface area contributed by atoms with Crippen LogP contribution in [0.3, 0.4) is 0 Å². The third-order valence-electron chi connectivity index (χ3n) is 3.84. The third kappa shape index (κ3) is 4.47. The number of hydrogen-bond donors (Lipinski definition) is 1. The van der Waals surface area contributed by atoms with Crippen molar-refractivity contribution in [2.24, 2.45) is 5.41 Å². The van der Waals surface area contributed by atoms with Crippen LogP contribution in [0, 0.1) is 5.41 Å². The van der Waals surface area contributed by atoms with E-state index >= 15 is 0 Å². The van der Waals surface area contributed by atoms with Gasteiger partial charge in [-0.1, -0.05) is 20.8 Å². The van der Waals surface area contributed by atoms with E-state index in [1.807, 2.05) is 25.7 Å². The Kier molecular flexibility index (Phi) is 4.89. The highest BCUT2D eigenvalue weighted by Gasteiger charge is 2.27. The van der Waals surface area contributed by atoms with Crippen molar-refractivity contribution < 1.29 is 9.90 Å². The van der Waals surface area contributed by atoms with Gasteiger partial charge in [0.1, 0.15) is 12.9 Å². The average molecular weight is 296 g/mol. The van der Waals surface area contributed by atoms with Crippen LogP contribution in [0.5, 0.6) is 0 Å². The molecular formula is C13H24N6O2. The van der Waals surface area contributed by atoms with E-state index in [0.717, 1.165) is 13.1 Å². The molecule has 8 nitrogen and oxygen atoms in total. The van der Waals surface area contributed by atoms with E-state index in [0.29, 0.717) is 19.6 Å². The van der Waals surface area contributed by atoms with Crippen LogP contribution in [0.25, 0.3) is 0 Å². The zero-order valence-corrected chi connectivity index (χ0v) is 12.9. The van der Waals surface area contributed by atoms with Gasteiger partial charge in [0, 0.05) is 32.7 Å². The zero-order valence-electron chi connectivity index (χ0n) is 12.9. The Hall–Kier alpha value is -1.54. The van der Waals surface area contributed by atoms with Crippen LogP contribution in [0.4, 0.5) is 0 Å². The Balaban J connectivity index is 1.76. The first-order chi connectivity index (χ1) is 9.86. The summed E-state index contributed by atoms with van der Waals surface area (Å²) in [7, 11) is 0. The van der Waals surface area contributed by atoms with E-state index in [9.17, 15) is 9.90 Å². The summed E-state index contributed by atoms with van der Waals surface area (Å²) in [5.41, 5.74) is -0.118. The lowest BCUT2D eigenvalue weighted by atomic mass is 9.89. The third-order valence-corrected chi connectivity index (χ3v) is 3.84. The number of nitrogens with zero attached hydrogens (tertiary/aromatic N) is 6. The molecule has 1 aliphatic heterocycles. The summed E-state index contributed by atoms with van der Waals surface area (Å²) >= 11 is 0. The first-order valence-corrected chi connectivity index (χ1v) is 7.25. The van der Waals surface area contributed by atoms with Gasteiger partial charge in [0.2, 0.25) is 5.91 Å². The lowest BCUT2D eigenvalue weighted by Gasteiger charge is -2.37. The predicted molar refractivity (Wildman–Crippen MR) is 76.3 cm³/mol. The van der Waals surface area contributed by atoms with Gasteiger partial charge in [-0.25, -0.2) is 4.68 Å². The normalized spacial score (nSPS) is 18.8. The molecular weight excluding hydrogens is 272 g/mol. The maximum absolute atomic E-state index is 12.1. The summed E-state index contributed by atoms with van der Waals surface area (Å²) in [6.07, 6.45) is 1.08. The Labute approximate surface area is 124 Å². The van der Waals surface area contributed by atoms with Crippen LogP contribution in [0.15, 0.2) is 6.33 Å². The summed E-state index contributed by atoms with van der Waals surface area (Å²) in [5.74, 6) is 0.0262. The standard InChI is InChI=1S/C13H24N6O2/c1-13(2,3)11(20)8-17-4-6-18(7-5-17)12(21)9-19-10-14-15-16-19/h10-11,20H,4-9H2,1-3H3/t11-/m0/s1. The van der Waals surface area contributed by atoms with Crippen molar-refractivity contribution in [2.45, 2.75) is 33.4 Å². The van der Waals surface area contributed by atoms with Crippen molar-refractivity contribution in [1.29, 1.82) is 0 Å². The van der Waals surface area contributed by atoms with Gasteiger partial charge in [-0.3, -0.25) is 9.69 Å². The molecule has 2 rings (SSSR count). The van der Waals surface area contributed by atoms with Crippen molar-refractivity contribution in [3.63, 3.8) is 0 Å². The fourth-order valence-electron chi connectivity index (χ4n) is 2.19. The quantitative estimate of drug-likeness (QED) is 0.784. The number of aromatic nitrogens is 4. The summed E-state index contributed by atoms with van der Waals surface area (Å²) in [6, 6.07) is 0. The van der Waals surface area contributed by atoms with Gasteiger partial charge in [-0.05, 0) is 15.8 Å². The highest BCUT2D eigenvalue weighted by molar-refractivity contribution is 5.75. The molecule has 1 aliphatic rings. The molecule has 0 bridgehead atoms. The minimum atomic E-state index is -0.360. The lowest BCUT2D eigenvalue weighted by molar-refractivity contribution is -0.134. The number of piperazine rings is 1. The first kappa shape index (κ1) is 15.8. The van der Waals surface area contributed by atoms with Crippen LogP contribution in [0.2, 0.25) is 0 Å². The molecule has 0 aromatic carbocycles. The SMILES string of the molecule is CC(C)(C)[C@@H](O)CN1CCN(C(=O)Cn2cnnn2)CC1. The molecule has 1 saturated heterocycles. The number of aliphatic hydroxyl groups excluding tert-OH is 1. The predicted octanol–water partition coefficient (Wildman–Crippen LogP) is -0.776. The Morgan fingerprint density at radius 3 is 2.48 bits per heavy atom. The average Bonchev–Trinajstić information content (AvgIpc) is 2.91. The molecule has 21 heavy (non-hydrogen) atoms. The van der Waals surface area contributed by atoms with Crippen LogP contribution < -0.4 is 0 Å². The number of hydrogen-bond acceptors (Lipinski definition) is 6. The van der Waals surface area contributed by atoms with E-state index in [4.69, 9.17) is 0 Å². The molecule has 0 saturated carbocycles. The number of aliphatic hydroxyl groups is 1. The molecule has 0 unspecified atom stereocenters.